The van der Waals surface area contributed by atoms with Gasteiger partial charge in [0.2, 0.25) is 5.89 Å². The van der Waals surface area contributed by atoms with Gasteiger partial charge in [-0.3, -0.25) is 4.98 Å². The Morgan fingerprint density at radius 1 is 0.971 bits per heavy atom. The molecular weight excluding hydrogens is 541 g/mol. The molecular formula is C26H28IN5O2. The van der Waals surface area contributed by atoms with E-state index < -0.39 is 0 Å². The lowest BCUT2D eigenvalue weighted by molar-refractivity contribution is 0.301. The SMILES string of the molecule is CCNC(=NCc1cccc(OCc2ccccn2)c1)NCc1coc(-c2ccccc2)n1.I. The van der Waals surface area contributed by atoms with Crippen LogP contribution >= 0.6 is 24.0 Å². The van der Waals surface area contributed by atoms with E-state index in [1.807, 2.05) is 79.7 Å². The summed E-state index contributed by atoms with van der Waals surface area (Å²) < 4.78 is 11.5. The van der Waals surface area contributed by atoms with Gasteiger partial charge in [0.25, 0.3) is 0 Å². The van der Waals surface area contributed by atoms with E-state index >= 15 is 0 Å². The molecule has 0 unspecified atom stereocenters. The van der Waals surface area contributed by atoms with Gasteiger partial charge in [0.05, 0.1) is 24.5 Å². The molecule has 4 aromatic rings. The molecule has 0 amide bonds. The molecule has 7 nitrogen and oxygen atoms in total. The van der Waals surface area contributed by atoms with Crippen LogP contribution < -0.4 is 15.4 Å². The smallest absolute Gasteiger partial charge is 0.226 e. The summed E-state index contributed by atoms with van der Waals surface area (Å²) in [5, 5.41) is 6.57. The Labute approximate surface area is 216 Å². The van der Waals surface area contributed by atoms with E-state index in [2.05, 4.69) is 20.6 Å². The minimum Gasteiger partial charge on any atom is -0.487 e. The first-order valence-corrected chi connectivity index (χ1v) is 10.9. The summed E-state index contributed by atoms with van der Waals surface area (Å²) in [5.74, 6) is 2.11. The van der Waals surface area contributed by atoms with Gasteiger partial charge in [0.15, 0.2) is 5.96 Å². The molecule has 0 bridgehead atoms. The van der Waals surface area contributed by atoms with E-state index in [0.717, 1.165) is 34.8 Å². The number of hydrogen-bond acceptors (Lipinski definition) is 5. The Kier molecular flexibility index (Phi) is 9.90. The molecule has 0 saturated carbocycles. The number of ether oxygens (including phenoxy) is 1. The first kappa shape index (κ1) is 25.2. The van der Waals surface area contributed by atoms with Gasteiger partial charge in [-0.2, -0.15) is 0 Å². The molecule has 0 aliphatic heterocycles. The Bertz CT molecular complexity index is 1170. The van der Waals surface area contributed by atoms with Gasteiger partial charge in [-0.15, -0.1) is 24.0 Å². The first-order chi connectivity index (χ1) is 16.3. The molecule has 0 aliphatic rings. The van der Waals surface area contributed by atoms with E-state index in [0.29, 0.717) is 31.5 Å². The van der Waals surface area contributed by atoms with E-state index in [1.165, 1.54) is 0 Å². The van der Waals surface area contributed by atoms with Crippen molar-refractivity contribution >= 4 is 29.9 Å². The number of halogens is 1. The molecule has 0 aliphatic carbocycles. The number of aromatic nitrogens is 2. The number of oxazole rings is 1. The van der Waals surface area contributed by atoms with Crippen molar-refractivity contribution in [2.45, 2.75) is 26.6 Å². The molecule has 2 aromatic heterocycles. The fourth-order valence-electron chi connectivity index (χ4n) is 3.16. The molecule has 0 saturated heterocycles. The van der Waals surface area contributed by atoms with Crippen LogP contribution in [0.5, 0.6) is 5.75 Å². The van der Waals surface area contributed by atoms with Crippen molar-refractivity contribution in [1.82, 2.24) is 20.6 Å². The average molecular weight is 569 g/mol. The zero-order valence-corrected chi connectivity index (χ0v) is 21.3. The number of hydrogen-bond donors (Lipinski definition) is 2. The van der Waals surface area contributed by atoms with Crippen LogP contribution in [-0.2, 0) is 19.7 Å². The molecule has 0 atom stereocenters. The van der Waals surface area contributed by atoms with Crippen molar-refractivity contribution in [3.8, 4) is 17.2 Å². The lowest BCUT2D eigenvalue weighted by Crippen LogP contribution is -2.36. The van der Waals surface area contributed by atoms with Gasteiger partial charge >= 0.3 is 0 Å². The standard InChI is InChI=1S/C26H27N5O2.HI/c1-2-27-26(30-17-23-19-33-25(31-23)21-10-4-3-5-11-21)29-16-20-9-8-13-24(15-20)32-18-22-12-6-7-14-28-22;/h3-15,19H,2,16-18H2,1H3,(H2,27,29,30);1H. The van der Waals surface area contributed by atoms with Crippen LogP contribution in [0.2, 0.25) is 0 Å². The molecule has 0 radical (unpaired) electrons. The van der Waals surface area contributed by atoms with E-state index in [-0.39, 0.29) is 24.0 Å². The van der Waals surface area contributed by atoms with Crippen molar-refractivity contribution < 1.29 is 9.15 Å². The highest BCUT2D eigenvalue weighted by molar-refractivity contribution is 14.0. The molecule has 34 heavy (non-hydrogen) atoms. The minimum atomic E-state index is 0. The van der Waals surface area contributed by atoms with Crippen molar-refractivity contribution in [3.63, 3.8) is 0 Å². The molecule has 2 N–H and O–H groups in total. The maximum Gasteiger partial charge on any atom is 0.226 e. The highest BCUT2D eigenvalue weighted by atomic mass is 127. The number of benzene rings is 2. The summed E-state index contributed by atoms with van der Waals surface area (Å²) in [6.45, 7) is 4.25. The monoisotopic (exact) mass is 569 g/mol. The third-order valence-corrected chi connectivity index (χ3v) is 4.78. The number of pyridine rings is 1. The van der Waals surface area contributed by atoms with E-state index in [9.17, 15) is 0 Å². The lowest BCUT2D eigenvalue weighted by Gasteiger charge is -2.10. The first-order valence-electron chi connectivity index (χ1n) is 10.9. The van der Waals surface area contributed by atoms with Crippen molar-refractivity contribution in [2.75, 3.05) is 6.54 Å². The van der Waals surface area contributed by atoms with Crippen LogP contribution in [0.15, 0.2) is 94.7 Å². The van der Waals surface area contributed by atoms with Gasteiger partial charge in [-0.05, 0) is 48.9 Å². The fraction of sp³-hybridized carbons (Fsp3) is 0.192. The molecule has 2 heterocycles. The highest BCUT2D eigenvalue weighted by Gasteiger charge is 2.07. The number of nitrogens with zero attached hydrogens (tertiary/aromatic N) is 3. The predicted octanol–water partition coefficient (Wildman–Crippen LogP) is 5.19. The Morgan fingerprint density at radius 2 is 1.82 bits per heavy atom. The summed E-state index contributed by atoms with van der Waals surface area (Å²) >= 11 is 0. The van der Waals surface area contributed by atoms with Crippen LogP contribution in [0.1, 0.15) is 23.9 Å². The number of guanidine groups is 1. The number of aliphatic imine (C=N–C) groups is 1. The topological polar surface area (TPSA) is 84.6 Å². The fourth-order valence-corrected chi connectivity index (χ4v) is 3.16. The van der Waals surface area contributed by atoms with Crippen LogP contribution in [0.3, 0.4) is 0 Å². The number of rotatable bonds is 9. The van der Waals surface area contributed by atoms with Crippen molar-refractivity contribution in [1.29, 1.82) is 0 Å². The molecule has 176 valence electrons. The molecule has 8 heteroatoms. The Morgan fingerprint density at radius 3 is 2.62 bits per heavy atom. The van der Waals surface area contributed by atoms with Crippen LogP contribution in [0.4, 0.5) is 0 Å². The molecule has 0 fully saturated rings. The van der Waals surface area contributed by atoms with Crippen molar-refractivity contribution in [2.24, 2.45) is 4.99 Å². The van der Waals surface area contributed by atoms with Crippen LogP contribution in [-0.4, -0.2) is 22.5 Å². The second kappa shape index (κ2) is 13.3. The van der Waals surface area contributed by atoms with E-state index in [1.54, 1.807) is 12.5 Å². The predicted molar refractivity (Wildman–Crippen MR) is 144 cm³/mol. The summed E-state index contributed by atoms with van der Waals surface area (Å²) in [5.41, 5.74) is 3.71. The van der Waals surface area contributed by atoms with Gasteiger partial charge in [-0.25, -0.2) is 9.98 Å². The Hall–Kier alpha value is -3.40. The highest BCUT2D eigenvalue weighted by Crippen LogP contribution is 2.18. The molecule has 0 spiro atoms. The Balaban J connectivity index is 0.00000324. The maximum atomic E-state index is 5.87. The quantitative estimate of drug-likeness (QED) is 0.164. The zero-order chi connectivity index (χ0) is 22.7. The van der Waals surface area contributed by atoms with E-state index in [4.69, 9.17) is 14.1 Å². The summed E-state index contributed by atoms with van der Waals surface area (Å²) in [6.07, 6.45) is 3.43. The van der Waals surface area contributed by atoms with Gasteiger partial charge < -0.3 is 19.8 Å². The zero-order valence-electron chi connectivity index (χ0n) is 19.0. The van der Waals surface area contributed by atoms with Gasteiger partial charge in [0, 0.05) is 18.3 Å². The summed E-state index contributed by atoms with van der Waals surface area (Å²) in [6, 6.07) is 23.6. The normalized spacial score (nSPS) is 10.9. The third kappa shape index (κ3) is 7.58. The van der Waals surface area contributed by atoms with Gasteiger partial charge in [-0.1, -0.05) is 36.4 Å². The van der Waals surface area contributed by atoms with Crippen LogP contribution in [0, 0.1) is 0 Å². The second-order valence-corrected chi connectivity index (χ2v) is 7.32. The maximum absolute atomic E-state index is 5.87. The van der Waals surface area contributed by atoms with Crippen LogP contribution in [0.25, 0.3) is 11.5 Å². The van der Waals surface area contributed by atoms with Crippen molar-refractivity contribution in [3.05, 3.63) is 102 Å². The summed E-state index contributed by atoms with van der Waals surface area (Å²) in [4.78, 5) is 13.5. The average Bonchev–Trinajstić information content (AvgIpc) is 3.35. The third-order valence-electron chi connectivity index (χ3n) is 4.78. The minimum absolute atomic E-state index is 0. The molecule has 4 rings (SSSR count). The molecule has 2 aromatic carbocycles. The second-order valence-electron chi connectivity index (χ2n) is 7.32. The number of nitrogens with one attached hydrogen (secondary N) is 2. The summed E-state index contributed by atoms with van der Waals surface area (Å²) in [7, 11) is 0. The van der Waals surface area contributed by atoms with Gasteiger partial charge in [0.1, 0.15) is 18.6 Å². The lowest BCUT2D eigenvalue weighted by atomic mass is 10.2. The largest absolute Gasteiger partial charge is 0.487 e.